The summed E-state index contributed by atoms with van der Waals surface area (Å²) in [5, 5.41) is 2.71. The van der Waals surface area contributed by atoms with Crippen LogP contribution in [0.2, 0.25) is 0 Å². The summed E-state index contributed by atoms with van der Waals surface area (Å²) in [5.41, 5.74) is 5.45. The van der Waals surface area contributed by atoms with Crippen LogP contribution in [0.15, 0.2) is 12.1 Å². The summed E-state index contributed by atoms with van der Waals surface area (Å²) < 4.78 is 26.1. The average Bonchev–Trinajstić information content (AvgIpc) is 2.94. The zero-order valence-corrected chi connectivity index (χ0v) is 11.5. The summed E-state index contributed by atoms with van der Waals surface area (Å²) in [5.74, 6) is -2.60. The fraction of sp³-hybridized carbons (Fsp3) is 0.500. The third-order valence-corrected chi connectivity index (χ3v) is 3.66. The molecule has 4 nitrogen and oxygen atoms in total. The number of nitrogens with zero attached hydrogens (tertiary/aromatic N) is 1. The van der Waals surface area contributed by atoms with Gasteiger partial charge in [-0.15, -0.1) is 0 Å². The zero-order valence-electron chi connectivity index (χ0n) is 11.5. The Labute approximate surface area is 116 Å². The van der Waals surface area contributed by atoms with Crippen molar-refractivity contribution in [2.75, 3.05) is 25.4 Å². The first kappa shape index (κ1) is 14.7. The molecule has 6 heteroatoms. The Morgan fingerprint density at radius 1 is 1.35 bits per heavy atom. The van der Waals surface area contributed by atoms with Crippen molar-refractivity contribution in [3.8, 4) is 0 Å². The highest BCUT2D eigenvalue weighted by Gasteiger charge is 2.19. The fourth-order valence-corrected chi connectivity index (χ4v) is 2.41. The van der Waals surface area contributed by atoms with E-state index in [1.165, 1.54) is 12.8 Å². The number of carbonyl (C=O) groups is 1. The lowest BCUT2D eigenvalue weighted by Gasteiger charge is -2.23. The molecule has 0 bridgehead atoms. The van der Waals surface area contributed by atoms with Crippen LogP contribution in [0.25, 0.3) is 0 Å². The van der Waals surface area contributed by atoms with Crippen molar-refractivity contribution in [2.24, 2.45) is 0 Å². The minimum Gasteiger partial charge on any atom is -0.398 e. The summed E-state index contributed by atoms with van der Waals surface area (Å²) in [7, 11) is 0. The molecule has 0 saturated carbocycles. The molecule has 1 amide bonds. The molecular formula is C14H19F2N3O. The van der Waals surface area contributed by atoms with Crippen LogP contribution >= 0.6 is 0 Å². The Hall–Kier alpha value is -1.69. The molecule has 0 spiro atoms. The van der Waals surface area contributed by atoms with Crippen LogP contribution in [0.3, 0.4) is 0 Å². The van der Waals surface area contributed by atoms with Gasteiger partial charge in [0.05, 0.1) is 5.56 Å². The van der Waals surface area contributed by atoms with E-state index in [0.29, 0.717) is 6.54 Å². The number of anilines is 1. The molecule has 1 heterocycles. The summed E-state index contributed by atoms with van der Waals surface area (Å²) in [4.78, 5) is 14.2. The minimum atomic E-state index is -1.07. The molecule has 20 heavy (non-hydrogen) atoms. The quantitative estimate of drug-likeness (QED) is 0.828. The van der Waals surface area contributed by atoms with Gasteiger partial charge in [-0.05, 0) is 38.9 Å². The molecule has 1 saturated heterocycles. The van der Waals surface area contributed by atoms with Gasteiger partial charge < -0.3 is 11.1 Å². The number of likely N-dealkylation sites (tertiary alicyclic amines) is 1. The topological polar surface area (TPSA) is 58.4 Å². The van der Waals surface area contributed by atoms with Gasteiger partial charge in [-0.25, -0.2) is 8.78 Å². The molecule has 1 aromatic carbocycles. The lowest BCUT2D eigenvalue weighted by atomic mass is 10.1. The molecule has 1 fully saturated rings. The zero-order chi connectivity index (χ0) is 14.7. The average molecular weight is 283 g/mol. The largest absolute Gasteiger partial charge is 0.398 e. The van der Waals surface area contributed by atoms with Gasteiger partial charge in [0.2, 0.25) is 0 Å². The standard InChI is InChI=1S/C14H19F2N3O/c1-9(19-4-2-3-5-19)8-18-14(20)10-6-11(15)12(16)7-13(10)17/h6-7,9H,2-5,8,17H2,1H3,(H,18,20). The molecule has 1 atom stereocenters. The summed E-state index contributed by atoms with van der Waals surface area (Å²) in [6.45, 7) is 4.55. The van der Waals surface area contributed by atoms with Crippen molar-refractivity contribution in [1.29, 1.82) is 0 Å². The number of hydrogen-bond donors (Lipinski definition) is 2. The monoisotopic (exact) mass is 283 g/mol. The first-order chi connectivity index (χ1) is 9.49. The predicted molar refractivity (Wildman–Crippen MR) is 73.4 cm³/mol. The van der Waals surface area contributed by atoms with E-state index >= 15 is 0 Å². The number of nitrogens with two attached hydrogens (primary N) is 1. The molecule has 3 N–H and O–H groups in total. The highest BCUT2D eigenvalue weighted by molar-refractivity contribution is 5.99. The number of nitrogens with one attached hydrogen (secondary N) is 1. The molecule has 1 unspecified atom stereocenters. The van der Waals surface area contributed by atoms with Crippen molar-refractivity contribution >= 4 is 11.6 Å². The number of carbonyl (C=O) groups excluding carboxylic acids is 1. The van der Waals surface area contributed by atoms with Gasteiger partial charge in [-0.2, -0.15) is 0 Å². The summed E-state index contributed by atoms with van der Waals surface area (Å²) >= 11 is 0. The molecule has 0 aromatic heterocycles. The highest BCUT2D eigenvalue weighted by atomic mass is 19.2. The molecule has 1 aliphatic rings. The smallest absolute Gasteiger partial charge is 0.253 e. The lowest BCUT2D eigenvalue weighted by molar-refractivity contribution is 0.0940. The number of hydrogen-bond acceptors (Lipinski definition) is 3. The van der Waals surface area contributed by atoms with Gasteiger partial charge in [-0.3, -0.25) is 9.69 Å². The van der Waals surface area contributed by atoms with Gasteiger partial charge in [0.25, 0.3) is 5.91 Å². The maximum atomic E-state index is 13.1. The molecule has 0 aliphatic carbocycles. The van der Waals surface area contributed by atoms with Crippen molar-refractivity contribution < 1.29 is 13.6 Å². The highest BCUT2D eigenvalue weighted by Crippen LogP contribution is 2.17. The summed E-state index contributed by atoms with van der Waals surface area (Å²) in [6.07, 6.45) is 2.35. The number of nitrogen functional groups attached to an aromatic ring is 1. The van der Waals surface area contributed by atoms with Crippen LogP contribution in [-0.4, -0.2) is 36.5 Å². The van der Waals surface area contributed by atoms with Crippen molar-refractivity contribution in [1.82, 2.24) is 10.2 Å². The van der Waals surface area contributed by atoms with Gasteiger partial charge in [0, 0.05) is 24.3 Å². The van der Waals surface area contributed by atoms with E-state index < -0.39 is 17.5 Å². The molecule has 1 aromatic rings. The SMILES string of the molecule is CC(CNC(=O)c1cc(F)c(F)cc1N)N1CCCC1. The number of halogens is 2. The van der Waals surface area contributed by atoms with E-state index in [4.69, 9.17) is 5.73 Å². The van der Waals surface area contributed by atoms with E-state index in [2.05, 4.69) is 10.2 Å². The van der Waals surface area contributed by atoms with E-state index in [9.17, 15) is 13.6 Å². The Bertz CT molecular complexity index is 501. The third-order valence-electron chi connectivity index (χ3n) is 3.66. The minimum absolute atomic E-state index is 0.0301. The normalized spacial score (nSPS) is 17.1. The Morgan fingerprint density at radius 2 is 1.95 bits per heavy atom. The van der Waals surface area contributed by atoms with Gasteiger partial charge in [0.1, 0.15) is 0 Å². The fourth-order valence-electron chi connectivity index (χ4n) is 2.41. The van der Waals surface area contributed by atoms with Crippen LogP contribution in [0.1, 0.15) is 30.1 Å². The molecule has 2 rings (SSSR count). The van der Waals surface area contributed by atoms with E-state index in [-0.39, 0.29) is 17.3 Å². The first-order valence-electron chi connectivity index (χ1n) is 6.76. The molecular weight excluding hydrogens is 264 g/mol. The third kappa shape index (κ3) is 3.25. The van der Waals surface area contributed by atoms with E-state index in [1.54, 1.807) is 0 Å². The van der Waals surface area contributed by atoms with Gasteiger partial charge in [0.15, 0.2) is 11.6 Å². The van der Waals surface area contributed by atoms with E-state index in [0.717, 1.165) is 25.2 Å². The van der Waals surface area contributed by atoms with Crippen LogP contribution in [0.5, 0.6) is 0 Å². The molecule has 110 valence electrons. The molecule has 0 radical (unpaired) electrons. The maximum absolute atomic E-state index is 13.1. The number of rotatable bonds is 4. The van der Waals surface area contributed by atoms with Crippen molar-refractivity contribution in [2.45, 2.75) is 25.8 Å². The van der Waals surface area contributed by atoms with E-state index in [1.807, 2.05) is 6.92 Å². The second-order valence-electron chi connectivity index (χ2n) is 5.16. The maximum Gasteiger partial charge on any atom is 0.253 e. The predicted octanol–water partition coefficient (Wildman–Crippen LogP) is 1.76. The van der Waals surface area contributed by atoms with Crippen molar-refractivity contribution in [3.63, 3.8) is 0 Å². The van der Waals surface area contributed by atoms with Crippen molar-refractivity contribution in [3.05, 3.63) is 29.3 Å². The van der Waals surface area contributed by atoms with Crippen LogP contribution in [0.4, 0.5) is 14.5 Å². The van der Waals surface area contributed by atoms with Crippen LogP contribution < -0.4 is 11.1 Å². The lowest BCUT2D eigenvalue weighted by Crippen LogP contribution is -2.40. The Kier molecular flexibility index (Phi) is 4.54. The second kappa shape index (κ2) is 6.17. The van der Waals surface area contributed by atoms with Crippen LogP contribution in [-0.2, 0) is 0 Å². The Morgan fingerprint density at radius 3 is 2.60 bits per heavy atom. The summed E-state index contributed by atoms with van der Waals surface area (Å²) in [6, 6.07) is 1.88. The molecule has 1 aliphatic heterocycles. The number of benzene rings is 1. The first-order valence-corrected chi connectivity index (χ1v) is 6.76. The van der Waals surface area contributed by atoms with Gasteiger partial charge >= 0.3 is 0 Å². The van der Waals surface area contributed by atoms with Crippen LogP contribution in [0, 0.1) is 11.6 Å². The second-order valence-corrected chi connectivity index (χ2v) is 5.16. The Balaban J connectivity index is 1.96. The van der Waals surface area contributed by atoms with Gasteiger partial charge in [-0.1, -0.05) is 0 Å². The number of amides is 1.